The van der Waals surface area contributed by atoms with E-state index in [1.165, 1.54) is 30.0 Å². The Morgan fingerprint density at radius 1 is 1.52 bits per heavy atom. The van der Waals surface area contributed by atoms with Crippen molar-refractivity contribution >= 4 is 23.2 Å². The maximum atomic E-state index is 12.5. The molecule has 4 heterocycles. The van der Waals surface area contributed by atoms with Gasteiger partial charge in [0.05, 0.1) is 29.9 Å². The summed E-state index contributed by atoms with van der Waals surface area (Å²) in [5.41, 5.74) is 1.01. The minimum absolute atomic E-state index is 0.173. The summed E-state index contributed by atoms with van der Waals surface area (Å²) in [7, 11) is 0. The first-order chi connectivity index (χ1) is 11.1. The summed E-state index contributed by atoms with van der Waals surface area (Å²) in [5, 5.41) is 12.8. The average molecular weight is 334 g/mol. The normalized spacial score (nSPS) is 29.7. The van der Waals surface area contributed by atoms with Crippen LogP contribution in [0, 0.1) is 11.3 Å². The topological polar surface area (TPSA) is 109 Å². The van der Waals surface area contributed by atoms with E-state index in [-0.39, 0.29) is 18.5 Å². The van der Waals surface area contributed by atoms with Gasteiger partial charge in [-0.15, -0.1) is 11.3 Å². The van der Waals surface area contributed by atoms with Crippen molar-refractivity contribution in [2.24, 2.45) is 11.3 Å². The lowest BCUT2D eigenvalue weighted by molar-refractivity contribution is -0.148. The Balaban J connectivity index is 1.64. The Labute approximate surface area is 135 Å². The monoisotopic (exact) mass is 334 g/mol. The molecule has 0 saturated carbocycles. The molecule has 3 atom stereocenters. The molecule has 120 valence electrons. The van der Waals surface area contributed by atoms with Crippen LogP contribution in [0.4, 0.5) is 0 Å². The van der Waals surface area contributed by atoms with E-state index in [2.05, 4.69) is 15.3 Å². The van der Waals surface area contributed by atoms with Gasteiger partial charge in [-0.3, -0.25) is 14.6 Å². The summed E-state index contributed by atoms with van der Waals surface area (Å²) < 4.78 is 5.34. The molecule has 4 rings (SSSR count). The molecule has 8 nitrogen and oxygen atoms in total. The van der Waals surface area contributed by atoms with Gasteiger partial charge in [0.25, 0.3) is 5.91 Å². The average Bonchev–Trinajstić information content (AvgIpc) is 3.25. The highest BCUT2D eigenvalue weighted by Crippen LogP contribution is 2.51. The number of carboxylic acids is 1. The van der Waals surface area contributed by atoms with Gasteiger partial charge in [0.2, 0.25) is 5.89 Å². The van der Waals surface area contributed by atoms with Crippen LogP contribution in [0.2, 0.25) is 0 Å². The Bertz CT molecular complexity index is 732. The van der Waals surface area contributed by atoms with Gasteiger partial charge in [-0.25, -0.2) is 4.98 Å². The smallest absolute Gasteiger partial charge is 0.309 e. The summed E-state index contributed by atoms with van der Waals surface area (Å²) in [4.78, 5) is 34.5. The first-order valence-corrected chi connectivity index (χ1v) is 8.03. The molecule has 2 aromatic rings. The van der Waals surface area contributed by atoms with Crippen LogP contribution in [0.5, 0.6) is 0 Å². The number of carbonyl (C=O) groups excluding carboxylic acids is 1. The van der Waals surface area contributed by atoms with E-state index in [0.717, 1.165) is 0 Å². The van der Waals surface area contributed by atoms with E-state index in [0.29, 0.717) is 23.9 Å². The minimum atomic E-state index is -0.900. The first kappa shape index (κ1) is 14.3. The predicted octanol–water partition coefficient (Wildman–Crippen LogP) is 0.619. The minimum Gasteiger partial charge on any atom is -0.481 e. The second kappa shape index (κ2) is 5.14. The Hall–Kier alpha value is -2.26. The third kappa shape index (κ3) is 2.07. The maximum Gasteiger partial charge on any atom is 0.309 e. The van der Waals surface area contributed by atoms with E-state index < -0.39 is 17.3 Å². The number of amides is 1. The Morgan fingerprint density at radius 2 is 2.39 bits per heavy atom. The number of hydrogen-bond acceptors (Lipinski definition) is 7. The van der Waals surface area contributed by atoms with Crippen LogP contribution in [0.1, 0.15) is 21.6 Å². The summed E-state index contributed by atoms with van der Waals surface area (Å²) in [6.45, 7) is 1.06. The fraction of sp³-hybridized carbons (Fsp3) is 0.429. The SMILES string of the molecule is O=C(O)C1CN(C(=O)c2cncs2)CC12CNC2c1ncco1. The second-order valence-electron chi connectivity index (χ2n) is 5.86. The van der Waals surface area contributed by atoms with Gasteiger partial charge in [-0.2, -0.15) is 0 Å². The van der Waals surface area contributed by atoms with Crippen LogP contribution in [0.25, 0.3) is 0 Å². The van der Waals surface area contributed by atoms with Gasteiger partial charge < -0.3 is 19.7 Å². The highest BCUT2D eigenvalue weighted by molar-refractivity contribution is 7.11. The summed E-state index contributed by atoms with van der Waals surface area (Å²) >= 11 is 1.26. The molecule has 3 unspecified atom stereocenters. The van der Waals surface area contributed by atoms with Crippen LogP contribution in [-0.2, 0) is 4.79 Å². The number of oxazole rings is 1. The summed E-state index contributed by atoms with van der Waals surface area (Å²) in [6, 6.07) is -0.294. The second-order valence-corrected chi connectivity index (χ2v) is 6.75. The van der Waals surface area contributed by atoms with Gasteiger partial charge in [0.1, 0.15) is 11.1 Å². The van der Waals surface area contributed by atoms with Crippen LogP contribution in [0.3, 0.4) is 0 Å². The lowest BCUT2D eigenvalue weighted by Gasteiger charge is -2.48. The van der Waals surface area contributed by atoms with Crippen molar-refractivity contribution in [3.63, 3.8) is 0 Å². The highest BCUT2D eigenvalue weighted by Gasteiger charge is 2.62. The fourth-order valence-corrected chi connectivity index (χ4v) is 4.12. The zero-order valence-electron chi connectivity index (χ0n) is 12.0. The van der Waals surface area contributed by atoms with Crippen molar-refractivity contribution in [1.29, 1.82) is 0 Å². The maximum absolute atomic E-state index is 12.5. The standard InChI is InChI=1S/C14H14N4O4S/c19-12(9-3-15-7-23-9)18-4-8(13(20)21)14(6-18)5-17-10(14)11-16-1-2-22-11/h1-3,7-8,10,17H,4-6H2,(H,20,21). The lowest BCUT2D eigenvalue weighted by atomic mass is 9.66. The number of aliphatic carboxylic acids is 1. The van der Waals surface area contributed by atoms with E-state index in [1.807, 2.05) is 0 Å². The molecule has 2 aliphatic rings. The number of carboxylic acid groups (broad SMARTS) is 1. The van der Waals surface area contributed by atoms with Crippen molar-refractivity contribution in [3.05, 3.63) is 34.9 Å². The number of likely N-dealkylation sites (tertiary alicyclic amines) is 1. The molecular weight excluding hydrogens is 320 g/mol. The van der Waals surface area contributed by atoms with Gasteiger partial charge in [-0.05, 0) is 0 Å². The van der Waals surface area contributed by atoms with E-state index in [1.54, 1.807) is 10.4 Å². The van der Waals surface area contributed by atoms with Crippen molar-refractivity contribution in [2.75, 3.05) is 19.6 Å². The molecule has 1 amide bonds. The molecule has 0 bridgehead atoms. The van der Waals surface area contributed by atoms with Crippen LogP contribution in [0.15, 0.2) is 28.6 Å². The number of carbonyl (C=O) groups is 2. The molecule has 2 saturated heterocycles. The molecule has 1 spiro atoms. The summed E-state index contributed by atoms with van der Waals surface area (Å²) in [5.74, 6) is -1.26. The number of nitrogens with zero attached hydrogens (tertiary/aromatic N) is 3. The predicted molar refractivity (Wildman–Crippen MR) is 78.8 cm³/mol. The van der Waals surface area contributed by atoms with Gasteiger partial charge in [0, 0.05) is 25.0 Å². The Morgan fingerprint density at radius 3 is 2.96 bits per heavy atom. The molecule has 23 heavy (non-hydrogen) atoms. The molecule has 0 radical (unpaired) electrons. The van der Waals surface area contributed by atoms with Crippen molar-refractivity contribution in [1.82, 2.24) is 20.2 Å². The summed E-state index contributed by atoms with van der Waals surface area (Å²) in [6.07, 6.45) is 4.51. The number of thiazole rings is 1. The number of rotatable bonds is 3. The molecule has 2 N–H and O–H groups in total. The number of nitrogens with one attached hydrogen (secondary N) is 1. The van der Waals surface area contributed by atoms with Crippen molar-refractivity contribution in [2.45, 2.75) is 6.04 Å². The Kier molecular flexibility index (Phi) is 3.20. The van der Waals surface area contributed by atoms with Gasteiger partial charge in [-0.1, -0.05) is 0 Å². The number of hydrogen-bond donors (Lipinski definition) is 2. The van der Waals surface area contributed by atoms with Gasteiger partial charge in [0.15, 0.2) is 0 Å². The van der Waals surface area contributed by atoms with Gasteiger partial charge >= 0.3 is 5.97 Å². The van der Waals surface area contributed by atoms with Crippen LogP contribution >= 0.6 is 11.3 Å². The largest absolute Gasteiger partial charge is 0.481 e. The molecule has 2 aromatic heterocycles. The first-order valence-electron chi connectivity index (χ1n) is 7.15. The molecule has 0 aromatic carbocycles. The van der Waals surface area contributed by atoms with Crippen LogP contribution in [-0.4, -0.2) is 51.5 Å². The molecule has 9 heteroatoms. The zero-order valence-corrected chi connectivity index (χ0v) is 12.8. The number of aromatic nitrogens is 2. The van der Waals surface area contributed by atoms with Crippen molar-refractivity contribution in [3.8, 4) is 0 Å². The fourth-order valence-electron chi connectivity index (χ4n) is 3.54. The lowest BCUT2D eigenvalue weighted by Crippen LogP contribution is -2.61. The van der Waals surface area contributed by atoms with E-state index in [9.17, 15) is 14.7 Å². The molecule has 2 fully saturated rings. The van der Waals surface area contributed by atoms with E-state index >= 15 is 0 Å². The third-order valence-corrected chi connectivity index (χ3v) is 5.48. The van der Waals surface area contributed by atoms with E-state index in [4.69, 9.17) is 4.42 Å². The molecule has 2 aliphatic heterocycles. The zero-order chi connectivity index (χ0) is 16.0. The molecular formula is C14H14N4O4S. The van der Waals surface area contributed by atoms with Crippen LogP contribution < -0.4 is 5.32 Å². The van der Waals surface area contributed by atoms with Crippen molar-refractivity contribution < 1.29 is 19.1 Å². The third-order valence-electron chi connectivity index (χ3n) is 4.72. The molecule has 0 aliphatic carbocycles. The quantitative estimate of drug-likeness (QED) is 0.847. The highest BCUT2D eigenvalue weighted by atomic mass is 32.1.